The van der Waals surface area contributed by atoms with E-state index in [4.69, 9.17) is 6.57 Å². The van der Waals surface area contributed by atoms with Crippen LogP contribution in [0.25, 0.3) is 4.85 Å². The molecular weight excluding hydrogens is 158 g/mol. The van der Waals surface area contributed by atoms with Crippen LogP contribution in [0.3, 0.4) is 0 Å². The largest absolute Gasteiger partial charge is 0.317 e. The van der Waals surface area contributed by atoms with E-state index in [1.165, 1.54) is 11.1 Å². The van der Waals surface area contributed by atoms with Crippen molar-refractivity contribution in [2.45, 2.75) is 26.2 Å². The van der Waals surface area contributed by atoms with Crippen molar-refractivity contribution in [3.8, 4) is 0 Å². The molecule has 0 aliphatic heterocycles. The number of hydrogen-bond acceptors (Lipinski definition) is 0. The SMILES string of the molecule is [C-]#[N+]CCc1ccc(C(C)C)cc1. The van der Waals surface area contributed by atoms with Crippen LogP contribution in [0.4, 0.5) is 0 Å². The van der Waals surface area contributed by atoms with Gasteiger partial charge in [-0.25, -0.2) is 6.57 Å². The highest BCUT2D eigenvalue weighted by molar-refractivity contribution is 5.24. The van der Waals surface area contributed by atoms with Gasteiger partial charge in [-0.2, -0.15) is 0 Å². The van der Waals surface area contributed by atoms with Crippen molar-refractivity contribution < 1.29 is 0 Å². The van der Waals surface area contributed by atoms with Gasteiger partial charge in [0.25, 0.3) is 0 Å². The molecule has 0 heterocycles. The second-order valence-corrected chi connectivity index (χ2v) is 3.53. The third kappa shape index (κ3) is 2.91. The maximum atomic E-state index is 6.69. The van der Waals surface area contributed by atoms with Crippen molar-refractivity contribution in [1.82, 2.24) is 0 Å². The van der Waals surface area contributed by atoms with Crippen molar-refractivity contribution >= 4 is 0 Å². The summed E-state index contributed by atoms with van der Waals surface area (Å²) < 4.78 is 0. The standard InChI is InChI=1S/C12H15N/c1-10(2)12-6-4-11(5-7-12)8-9-13-3/h4-7,10H,8-9H2,1-2H3. The van der Waals surface area contributed by atoms with Crippen molar-refractivity contribution in [2.24, 2.45) is 0 Å². The molecular formula is C12H15N. The quantitative estimate of drug-likeness (QED) is 0.618. The van der Waals surface area contributed by atoms with Crippen LogP contribution in [0.2, 0.25) is 0 Å². The molecule has 0 spiro atoms. The van der Waals surface area contributed by atoms with Crippen molar-refractivity contribution in [2.75, 3.05) is 6.54 Å². The van der Waals surface area contributed by atoms with E-state index in [9.17, 15) is 0 Å². The number of nitrogens with zero attached hydrogens (tertiary/aromatic N) is 1. The van der Waals surface area contributed by atoms with Crippen LogP contribution in [0.15, 0.2) is 24.3 Å². The van der Waals surface area contributed by atoms with E-state index in [0.717, 1.165) is 6.42 Å². The fourth-order valence-electron chi connectivity index (χ4n) is 1.25. The Kier molecular flexibility index (Phi) is 3.52. The Labute approximate surface area is 80.2 Å². The maximum absolute atomic E-state index is 6.69. The second kappa shape index (κ2) is 4.67. The smallest absolute Gasteiger partial charge is 0.218 e. The first kappa shape index (κ1) is 9.80. The van der Waals surface area contributed by atoms with Gasteiger partial charge in [-0.1, -0.05) is 38.1 Å². The van der Waals surface area contributed by atoms with Gasteiger partial charge < -0.3 is 4.85 Å². The minimum Gasteiger partial charge on any atom is -0.317 e. The summed E-state index contributed by atoms with van der Waals surface area (Å²) in [6.45, 7) is 11.7. The van der Waals surface area contributed by atoms with E-state index < -0.39 is 0 Å². The summed E-state index contributed by atoms with van der Waals surface area (Å²) >= 11 is 0. The van der Waals surface area contributed by atoms with Gasteiger partial charge in [-0.05, 0) is 17.0 Å². The van der Waals surface area contributed by atoms with Gasteiger partial charge in [0.1, 0.15) is 0 Å². The third-order valence-electron chi connectivity index (χ3n) is 2.16. The van der Waals surface area contributed by atoms with Crippen LogP contribution < -0.4 is 0 Å². The molecule has 0 unspecified atom stereocenters. The Morgan fingerprint density at radius 3 is 2.31 bits per heavy atom. The van der Waals surface area contributed by atoms with Crippen molar-refractivity contribution in [3.05, 3.63) is 46.8 Å². The molecule has 0 saturated carbocycles. The zero-order chi connectivity index (χ0) is 9.68. The van der Waals surface area contributed by atoms with E-state index >= 15 is 0 Å². The Bertz CT molecular complexity index is 290. The average Bonchev–Trinajstić information content (AvgIpc) is 2.15. The molecule has 0 bridgehead atoms. The van der Waals surface area contributed by atoms with Crippen LogP contribution >= 0.6 is 0 Å². The minimum atomic E-state index is 0.593. The van der Waals surface area contributed by atoms with Gasteiger partial charge in [0.2, 0.25) is 6.54 Å². The van der Waals surface area contributed by atoms with Crippen LogP contribution in [-0.2, 0) is 6.42 Å². The van der Waals surface area contributed by atoms with Crippen LogP contribution in [0.5, 0.6) is 0 Å². The molecule has 0 fully saturated rings. The fraction of sp³-hybridized carbons (Fsp3) is 0.417. The van der Waals surface area contributed by atoms with Gasteiger partial charge in [-0.15, -0.1) is 0 Å². The molecule has 0 N–H and O–H groups in total. The zero-order valence-electron chi connectivity index (χ0n) is 8.25. The van der Waals surface area contributed by atoms with E-state index in [1.807, 2.05) is 0 Å². The van der Waals surface area contributed by atoms with E-state index in [0.29, 0.717) is 12.5 Å². The minimum absolute atomic E-state index is 0.593. The molecule has 0 radical (unpaired) electrons. The van der Waals surface area contributed by atoms with Crippen molar-refractivity contribution in [3.63, 3.8) is 0 Å². The number of hydrogen-bond donors (Lipinski definition) is 0. The molecule has 13 heavy (non-hydrogen) atoms. The Morgan fingerprint density at radius 1 is 1.23 bits per heavy atom. The summed E-state index contributed by atoms with van der Waals surface area (Å²) in [6, 6.07) is 8.56. The Balaban J connectivity index is 2.65. The highest BCUT2D eigenvalue weighted by atomic mass is 14.6. The molecule has 0 saturated heterocycles. The van der Waals surface area contributed by atoms with E-state index in [-0.39, 0.29) is 0 Å². The van der Waals surface area contributed by atoms with Gasteiger partial charge >= 0.3 is 0 Å². The highest BCUT2D eigenvalue weighted by Gasteiger charge is 1.99. The molecule has 1 aromatic rings. The van der Waals surface area contributed by atoms with Gasteiger partial charge in [-0.3, -0.25) is 0 Å². The molecule has 0 aliphatic carbocycles. The zero-order valence-corrected chi connectivity index (χ0v) is 8.25. The first-order valence-corrected chi connectivity index (χ1v) is 4.66. The van der Waals surface area contributed by atoms with E-state index in [2.05, 4.69) is 43.0 Å². The number of benzene rings is 1. The Morgan fingerprint density at radius 2 is 1.85 bits per heavy atom. The lowest BCUT2D eigenvalue weighted by Crippen LogP contribution is -1.90. The molecule has 1 rings (SSSR count). The van der Waals surface area contributed by atoms with Gasteiger partial charge in [0, 0.05) is 6.42 Å². The molecule has 68 valence electrons. The lowest BCUT2D eigenvalue weighted by Gasteiger charge is -2.04. The third-order valence-corrected chi connectivity index (χ3v) is 2.16. The fourth-order valence-corrected chi connectivity index (χ4v) is 1.25. The molecule has 1 aromatic carbocycles. The maximum Gasteiger partial charge on any atom is 0.218 e. The highest BCUT2D eigenvalue weighted by Crippen LogP contribution is 2.14. The number of rotatable bonds is 3. The first-order valence-electron chi connectivity index (χ1n) is 4.66. The topological polar surface area (TPSA) is 4.36 Å². The lowest BCUT2D eigenvalue weighted by atomic mass is 10.0. The summed E-state index contributed by atoms with van der Waals surface area (Å²) in [5.74, 6) is 0.593. The molecule has 0 amide bonds. The predicted molar refractivity (Wildman–Crippen MR) is 55.7 cm³/mol. The molecule has 0 aliphatic rings. The molecule has 1 nitrogen and oxygen atoms in total. The second-order valence-electron chi connectivity index (χ2n) is 3.53. The summed E-state index contributed by atoms with van der Waals surface area (Å²) in [4.78, 5) is 3.34. The Hall–Kier alpha value is -1.29. The first-order chi connectivity index (χ1) is 6.24. The van der Waals surface area contributed by atoms with Crippen LogP contribution in [0, 0.1) is 6.57 Å². The van der Waals surface area contributed by atoms with Crippen LogP contribution in [0.1, 0.15) is 30.9 Å². The predicted octanol–water partition coefficient (Wildman–Crippen LogP) is 3.27. The summed E-state index contributed by atoms with van der Waals surface area (Å²) in [5, 5.41) is 0. The van der Waals surface area contributed by atoms with Crippen molar-refractivity contribution in [1.29, 1.82) is 0 Å². The average molecular weight is 173 g/mol. The summed E-state index contributed by atoms with van der Waals surface area (Å²) in [7, 11) is 0. The normalized spacial score (nSPS) is 10.0. The van der Waals surface area contributed by atoms with Crippen LogP contribution in [-0.4, -0.2) is 6.54 Å². The molecule has 1 heteroatoms. The van der Waals surface area contributed by atoms with Gasteiger partial charge in [0.05, 0.1) is 0 Å². The summed E-state index contributed by atoms with van der Waals surface area (Å²) in [6.07, 6.45) is 0.877. The van der Waals surface area contributed by atoms with Gasteiger partial charge in [0.15, 0.2) is 0 Å². The molecule has 0 aromatic heterocycles. The molecule has 0 atom stereocenters. The monoisotopic (exact) mass is 173 g/mol. The summed E-state index contributed by atoms with van der Waals surface area (Å²) in [5.41, 5.74) is 2.63. The lowest BCUT2D eigenvalue weighted by molar-refractivity contribution is 0.864. The van der Waals surface area contributed by atoms with E-state index in [1.54, 1.807) is 0 Å².